The van der Waals surface area contributed by atoms with Crippen LogP contribution in [0.2, 0.25) is 0 Å². The summed E-state index contributed by atoms with van der Waals surface area (Å²) in [5.41, 5.74) is 2.64. The number of amides is 1. The molecule has 2 heterocycles. The van der Waals surface area contributed by atoms with E-state index in [1.165, 1.54) is 0 Å². The third-order valence-corrected chi connectivity index (χ3v) is 6.16. The van der Waals surface area contributed by atoms with Crippen LogP contribution in [0, 0.1) is 6.92 Å². The average molecular weight is 497 g/mol. The summed E-state index contributed by atoms with van der Waals surface area (Å²) in [6.07, 6.45) is 1.86. The van der Waals surface area contributed by atoms with Gasteiger partial charge in [-0.2, -0.15) is 0 Å². The summed E-state index contributed by atoms with van der Waals surface area (Å²) in [5, 5.41) is 14.3. The number of aromatic amines is 1. The molecule has 1 amide bonds. The second-order valence-electron chi connectivity index (χ2n) is 8.80. The molecule has 0 bridgehead atoms. The SMILES string of the molecule is Cc1ccc(OCC(=O)N[C@@H](Cc2c[nH]c3ccccc23)C(=O)O)c(-c2cc3ccccc3c(=O)o2)c1. The molecule has 2 aromatic heterocycles. The molecule has 0 aliphatic carbocycles. The topological polar surface area (TPSA) is 122 Å². The molecule has 8 nitrogen and oxygen atoms in total. The standard InChI is InChI=1S/C29H24N2O6/c1-17-10-11-25(22(12-17)26-14-18-6-2-3-8-21(18)29(35)37-26)36-16-27(32)31-24(28(33)34)13-19-15-30-23-9-5-4-7-20(19)23/h2-12,14-15,24,30H,13,16H2,1H3,(H,31,32)(H,33,34)/t24-/m0/s1. The molecule has 186 valence electrons. The van der Waals surface area contributed by atoms with E-state index in [1.807, 2.05) is 49.4 Å². The molecule has 0 fully saturated rings. The number of para-hydroxylation sites is 1. The van der Waals surface area contributed by atoms with E-state index in [4.69, 9.17) is 9.15 Å². The highest BCUT2D eigenvalue weighted by molar-refractivity contribution is 5.88. The van der Waals surface area contributed by atoms with Crippen molar-refractivity contribution in [3.8, 4) is 17.1 Å². The van der Waals surface area contributed by atoms with E-state index in [9.17, 15) is 19.5 Å². The van der Waals surface area contributed by atoms with Gasteiger partial charge >= 0.3 is 11.6 Å². The molecule has 37 heavy (non-hydrogen) atoms. The largest absolute Gasteiger partial charge is 0.483 e. The van der Waals surface area contributed by atoms with E-state index in [0.29, 0.717) is 22.5 Å². The molecule has 0 aliphatic rings. The Balaban J connectivity index is 1.33. The van der Waals surface area contributed by atoms with Crippen molar-refractivity contribution in [1.29, 1.82) is 0 Å². The summed E-state index contributed by atoms with van der Waals surface area (Å²) in [5.74, 6) is -1.08. The van der Waals surface area contributed by atoms with E-state index in [2.05, 4.69) is 10.3 Å². The van der Waals surface area contributed by atoms with Gasteiger partial charge in [0.15, 0.2) is 6.61 Å². The van der Waals surface area contributed by atoms with Crippen LogP contribution in [0.25, 0.3) is 33.0 Å². The number of carbonyl (C=O) groups excluding carboxylic acids is 1. The van der Waals surface area contributed by atoms with E-state index in [1.54, 1.807) is 36.5 Å². The highest BCUT2D eigenvalue weighted by atomic mass is 16.5. The van der Waals surface area contributed by atoms with Crippen LogP contribution < -0.4 is 15.7 Å². The van der Waals surface area contributed by atoms with Gasteiger partial charge in [-0.1, -0.05) is 48.0 Å². The summed E-state index contributed by atoms with van der Waals surface area (Å²) in [4.78, 5) is 40.2. The van der Waals surface area contributed by atoms with Crippen LogP contribution in [-0.4, -0.2) is 34.6 Å². The Morgan fingerprint density at radius 3 is 2.59 bits per heavy atom. The molecule has 0 radical (unpaired) electrons. The molecule has 3 aromatic carbocycles. The third-order valence-electron chi connectivity index (χ3n) is 6.16. The number of rotatable bonds is 8. The van der Waals surface area contributed by atoms with Gasteiger partial charge in [0, 0.05) is 23.5 Å². The highest BCUT2D eigenvalue weighted by Gasteiger charge is 2.22. The number of aliphatic carboxylic acids is 1. The Morgan fingerprint density at radius 2 is 1.78 bits per heavy atom. The van der Waals surface area contributed by atoms with E-state index >= 15 is 0 Å². The van der Waals surface area contributed by atoms with Crippen LogP contribution >= 0.6 is 0 Å². The van der Waals surface area contributed by atoms with Crippen molar-refractivity contribution >= 4 is 33.6 Å². The zero-order chi connectivity index (χ0) is 25.9. The molecule has 5 rings (SSSR count). The summed E-state index contributed by atoms with van der Waals surface area (Å²) in [7, 11) is 0. The Hall–Kier alpha value is -4.85. The molecule has 5 aromatic rings. The predicted octanol–water partition coefficient (Wildman–Crippen LogP) is 4.44. The molecule has 0 aliphatic heterocycles. The molecule has 1 atom stereocenters. The van der Waals surface area contributed by atoms with Crippen molar-refractivity contribution in [2.24, 2.45) is 0 Å². The van der Waals surface area contributed by atoms with Crippen molar-refractivity contribution in [3.63, 3.8) is 0 Å². The maximum atomic E-state index is 12.7. The van der Waals surface area contributed by atoms with Crippen LogP contribution in [0.15, 0.2) is 88.2 Å². The lowest BCUT2D eigenvalue weighted by Crippen LogP contribution is -2.44. The Kier molecular flexibility index (Phi) is 6.47. The predicted molar refractivity (Wildman–Crippen MR) is 140 cm³/mol. The number of carboxylic acids is 1. The Labute approximate surface area is 211 Å². The first-order valence-electron chi connectivity index (χ1n) is 11.7. The van der Waals surface area contributed by atoms with Gasteiger partial charge in [0.25, 0.3) is 5.91 Å². The maximum absolute atomic E-state index is 12.7. The molecule has 0 saturated carbocycles. The number of ether oxygens (including phenoxy) is 1. The maximum Gasteiger partial charge on any atom is 0.344 e. The molecule has 0 saturated heterocycles. The van der Waals surface area contributed by atoms with Gasteiger partial charge in [-0.15, -0.1) is 0 Å². The number of H-pyrrole nitrogens is 1. The lowest BCUT2D eigenvalue weighted by Gasteiger charge is -2.16. The van der Waals surface area contributed by atoms with Gasteiger partial charge in [-0.3, -0.25) is 4.79 Å². The number of carbonyl (C=O) groups is 2. The highest BCUT2D eigenvalue weighted by Crippen LogP contribution is 2.32. The molecular weight excluding hydrogens is 472 g/mol. The fourth-order valence-corrected chi connectivity index (χ4v) is 4.33. The van der Waals surface area contributed by atoms with Crippen LogP contribution in [-0.2, 0) is 16.0 Å². The second kappa shape index (κ2) is 10.0. The van der Waals surface area contributed by atoms with Crippen molar-refractivity contribution in [1.82, 2.24) is 10.3 Å². The average Bonchev–Trinajstić information content (AvgIpc) is 3.30. The number of fused-ring (bicyclic) bond motifs is 2. The van der Waals surface area contributed by atoms with Crippen molar-refractivity contribution < 1.29 is 23.8 Å². The number of carboxylic acid groups (broad SMARTS) is 1. The Morgan fingerprint density at radius 1 is 1.03 bits per heavy atom. The van der Waals surface area contributed by atoms with E-state index in [0.717, 1.165) is 27.4 Å². The summed E-state index contributed by atoms with van der Waals surface area (Å²) >= 11 is 0. The minimum absolute atomic E-state index is 0.114. The number of benzene rings is 3. The van der Waals surface area contributed by atoms with Gasteiger partial charge < -0.3 is 24.6 Å². The normalized spacial score (nSPS) is 11.9. The third kappa shape index (κ3) is 5.08. The zero-order valence-corrected chi connectivity index (χ0v) is 20.0. The number of aromatic nitrogens is 1. The monoisotopic (exact) mass is 496 g/mol. The molecule has 3 N–H and O–H groups in total. The molecule has 0 spiro atoms. The fraction of sp³-hybridized carbons (Fsp3) is 0.138. The quantitative estimate of drug-likeness (QED) is 0.292. The summed E-state index contributed by atoms with van der Waals surface area (Å²) < 4.78 is 11.3. The van der Waals surface area contributed by atoms with Gasteiger partial charge in [-0.05, 0) is 48.2 Å². The lowest BCUT2D eigenvalue weighted by atomic mass is 10.0. The minimum atomic E-state index is -1.15. The van der Waals surface area contributed by atoms with Crippen LogP contribution in [0.1, 0.15) is 11.1 Å². The first kappa shape index (κ1) is 23.9. The second-order valence-corrected chi connectivity index (χ2v) is 8.80. The first-order chi connectivity index (χ1) is 17.9. The fourth-order valence-electron chi connectivity index (χ4n) is 4.33. The molecule has 8 heteroatoms. The minimum Gasteiger partial charge on any atom is -0.483 e. The van der Waals surface area contributed by atoms with Crippen LogP contribution in [0.3, 0.4) is 0 Å². The lowest BCUT2D eigenvalue weighted by molar-refractivity contribution is -0.142. The number of hydrogen-bond acceptors (Lipinski definition) is 5. The molecule has 0 unspecified atom stereocenters. The first-order valence-corrected chi connectivity index (χ1v) is 11.7. The van der Waals surface area contributed by atoms with Crippen molar-refractivity contribution in [2.45, 2.75) is 19.4 Å². The zero-order valence-electron chi connectivity index (χ0n) is 20.0. The van der Waals surface area contributed by atoms with Crippen LogP contribution in [0.4, 0.5) is 0 Å². The summed E-state index contributed by atoms with van der Waals surface area (Å²) in [6.45, 7) is 1.48. The van der Waals surface area contributed by atoms with Gasteiger partial charge in [0.1, 0.15) is 17.6 Å². The van der Waals surface area contributed by atoms with Gasteiger partial charge in [0.05, 0.1) is 10.9 Å². The van der Waals surface area contributed by atoms with Crippen molar-refractivity contribution in [3.05, 3.63) is 101 Å². The number of nitrogens with one attached hydrogen (secondary N) is 2. The Bertz CT molecular complexity index is 1680. The smallest absolute Gasteiger partial charge is 0.344 e. The van der Waals surface area contributed by atoms with Crippen LogP contribution in [0.5, 0.6) is 5.75 Å². The summed E-state index contributed by atoms with van der Waals surface area (Å²) in [6, 6.07) is 20.6. The van der Waals surface area contributed by atoms with Gasteiger partial charge in [0.2, 0.25) is 0 Å². The van der Waals surface area contributed by atoms with Gasteiger partial charge in [-0.25, -0.2) is 9.59 Å². The van der Waals surface area contributed by atoms with E-state index < -0.39 is 30.2 Å². The molecular formula is C29H24N2O6. The number of hydrogen-bond donors (Lipinski definition) is 3. The van der Waals surface area contributed by atoms with Crippen molar-refractivity contribution in [2.75, 3.05) is 6.61 Å². The van der Waals surface area contributed by atoms with E-state index in [-0.39, 0.29) is 6.42 Å². The number of aryl methyl sites for hydroxylation is 1.